The molecule has 0 saturated carbocycles. The number of halogens is 2. The molecule has 0 atom stereocenters. The van der Waals surface area contributed by atoms with Crippen molar-refractivity contribution in [2.24, 2.45) is 0 Å². The van der Waals surface area contributed by atoms with Crippen molar-refractivity contribution in [1.29, 1.82) is 0 Å². The van der Waals surface area contributed by atoms with Gasteiger partial charge in [-0.1, -0.05) is 29.8 Å². The van der Waals surface area contributed by atoms with Crippen LogP contribution in [-0.4, -0.2) is 5.91 Å². The molecule has 20 heavy (non-hydrogen) atoms. The summed E-state index contributed by atoms with van der Waals surface area (Å²) in [6.45, 7) is 2.35. The minimum atomic E-state index is -0.210. The Kier molecular flexibility index (Phi) is 4.68. The third-order valence-corrected chi connectivity index (χ3v) is 4.42. The van der Waals surface area contributed by atoms with Crippen molar-refractivity contribution in [2.75, 3.05) is 5.73 Å². The molecule has 2 aromatic rings. The van der Waals surface area contributed by atoms with Crippen LogP contribution in [-0.2, 0) is 6.54 Å². The number of rotatable bonds is 3. The topological polar surface area (TPSA) is 55.1 Å². The lowest BCUT2D eigenvalue weighted by Gasteiger charge is -2.11. The third kappa shape index (κ3) is 3.14. The Balaban J connectivity index is 2.13. The largest absolute Gasteiger partial charge is 0.399 e. The molecule has 0 aromatic heterocycles. The van der Waals surface area contributed by atoms with E-state index in [4.69, 9.17) is 17.3 Å². The molecule has 0 aliphatic heterocycles. The van der Waals surface area contributed by atoms with Gasteiger partial charge in [-0.25, -0.2) is 0 Å². The molecule has 0 aliphatic carbocycles. The van der Waals surface area contributed by atoms with Crippen molar-refractivity contribution in [2.45, 2.75) is 13.5 Å². The van der Waals surface area contributed by atoms with E-state index in [-0.39, 0.29) is 5.91 Å². The van der Waals surface area contributed by atoms with Crippen molar-refractivity contribution in [3.8, 4) is 0 Å². The van der Waals surface area contributed by atoms with Gasteiger partial charge in [-0.15, -0.1) is 0 Å². The van der Waals surface area contributed by atoms with Crippen LogP contribution in [0.2, 0.25) is 5.02 Å². The normalized spacial score (nSPS) is 10.3. The summed E-state index contributed by atoms with van der Waals surface area (Å²) in [5.41, 5.74) is 8.98. The molecule has 2 aromatic carbocycles. The monoisotopic (exact) mass is 352 g/mol. The molecule has 104 valence electrons. The Labute approximate surface area is 131 Å². The molecule has 3 N–H and O–H groups in total. The van der Waals surface area contributed by atoms with Gasteiger partial charge in [-0.3, -0.25) is 4.79 Å². The summed E-state index contributed by atoms with van der Waals surface area (Å²) in [4.78, 5) is 12.1. The number of nitrogens with two attached hydrogens (primary N) is 1. The highest BCUT2D eigenvalue weighted by molar-refractivity contribution is 9.10. The van der Waals surface area contributed by atoms with Crippen LogP contribution in [0.4, 0.5) is 5.69 Å². The van der Waals surface area contributed by atoms with Gasteiger partial charge in [0, 0.05) is 16.7 Å². The zero-order valence-electron chi connectivity index (χ0n) is 10.9. The number of hydrogen-bond acceptors (Lipinski definition) is 2. The minimum absolute atomic E-state index is 0.210. The Morgan fingerprint density at radius 3 is 2.75 bits per heavy atom. The minimum Gasteiger partial charge on any atom is -0.399 e. The Hall–Kier alpha value is -1.52. The van der Waals surface area contributed by atoms with Gasteiger partial charge in [0.05, 0.1) is 10.6 Å². The maximum atomic E-state index is 12.1. The molecule has 0 aliphatic rings. The summed E-state index contributed by atoms with van der Waals surface area (Å²) in [5, 5.41) is 3.26. The van der Waals surface area contributed by atoms with Gasteiger partial charge in [-0.05, 0) is 52.2 Å². The van der Waals surface area contributed by atoms with E-state index in [1.54, 1.807) is 18.2 Å². The molecule has 0 fully saturated rings. The van der Waals surface area contributed by atoms with E-state index in [1.165, 1.54) is 0 Å². The summed E-state index contributed by atoms with van der Waals surface area (Å²) in [5.74, 6) is -0.210. The van der Waals surface area contributed by atoms with Crippen LogP contribution in [0.15, 0.2) is 40.9 Å². The van der Waals surface area contributed by atoms with Crippen LogP contribution in [0.1, 0.15) is 21.5 Å². The highest BCUT2D eigenvalue weighted by Crippen LogP contribution is 2.26. The van der Waals surface area contributed by atoms with Gasteiger partial charge in [0.25, 0.3) is 5.91 Å². The van der Waals surface area contributed by atoms with Gasteiger partial charge in [0.2, 0.25) is 0 Å². The van der Waals surface area contributed by atoms with E-state index in [1.807, 2.05) is 25.1 Å². The van der Waals surface area contributed by atoms with Crippen LogP contribution >= 0.6 is 27.5 Å². The highest BCUT2D eigenvalue weighted by Gasteiger charge is 2.12. The lowest BCUT2D eigenvalue weighted by Crippen LogP contribution is -2.23. The van der Waals surface area contributed by atoms with E-state index in [9.17, 15) is 4.79 Å². The van der Waals surface area contributed by atoms with Crippen molar-refractivity contribution in [3.63, 3.8) is 0 Å². The van der Waals surface area contributed by atoms with E-state index in [0.717, 1.165) is 16.8 Å². The second kappa shape index (κ2) is 6.29. The zero-order valence-corrected chi connectivity index (χ0v) is 13.3. The fourth-order valence-corrected chi connectivity index (χ4v) is 2.42. The number of carbonyl (C=O) groups is 1. The van der Waals surface area contributed by atoms with Crippen molar-refractivity contribution in [3.05, 3.63) is 62.6 Å². The standard InChI is InChI=1S/C15H14BrClN2O/c1-9-10(4-2-7-13(9)18)8-19-15(20)11-5-3-6-12(16)14(11)17/h2-7H,8,18H2,1H3,(H,19,20). The van der Waals surface area contributed by atoms with E-state index >= 15 is 0 Å². The van der Waals surface area contributed by atoms with Crippen LogP contribution < -0.4 is 11.1 Å². The second-order valence-corrected chi connectivity index (χ2v) is 5.65. The van der Waals surface area contributed by atoms with E-state index in [0.29, 0.717) is 21.6 Å². The number of hydrogen-bond donors (Lipinski definition) is 2. The van der Waals surface area contributed by atoms with Gasteiger partial charge >= 0.3 is 0 Å². The summed E-state index contributed by atoms with van der Waals surface area (Å²) < 4.78 is 0.701. The number of nitrogen functional groups attached to an aromatic ring is 1. The zero-order chi connectivity index (χ0) is 14.7. The van der Waals surface area contributed by atoms with Crippen LogP contribution in [0.3, 0.4) is 0 Å². The number of anilines is 1. The number of carbonyl (C=O) groups excluding carboxylic acids is 1. The van der Waals surface area contributed by atoms with Crippen molar-refractivity contribution < 1.29 is 4.79 Å². The molecule has 0 heterocycles. The molecule has 1 amide bonds. The average Bonchev–Trinajstić information content (AvgIpc) is 2.43. The maximum absolute atomic E-state index is 12.1. The van der Waals surface area contributed by atoms with Crippen LogP contribution in [0.25, 0.3) is 0 Å². The SMILES string of the molecule is Cc1c(N)cccc1CNC(=O)c1cccc(Br)c1Cl. The van der Waals surface area contributed by atoms with E-state index in [2.05, 4.69) is 21.2 Å². The van der Waals surface area contributed by atoms with Crippen LogP contribution in [0.5, 0.6) is 0 Å². The molecule has 5 heteroatoms. The molecule has 0 bridgehead atoms. The molecule has 0 unspecified atom stereocenters. The van der Waals surface area contributed by atoms with E-state index < -0.39 is 0 Å². The first-order chi connectivity index (χ1) is 9.50. The lowest BCUT2D eigenvalue weighted by atomic mass is 10.1. The lowest BCUT2D eigenvalue weighted by molar-refractivity contribution is 0.0951. The molecular weight excluding hydrogens is 340 g/mol. The van der Waals surface area contributed by atoms with Gasteiger partial charge < -0.3 is 11.1 Å². The Bertz CT molecular complexity index is 658. The molecule has 0 saturated heterocycles. The molecule has 0 radical (unpaired) electrons. The Morgan fingerprint density at radius 1 is 1.30 bits per heavy atom. The number of benzene rings is 2. The van der Waals surface area contributed by atoms with Gasteiger partial charge in [-0.2, -0.15) is 0 Å². The predicted molar refractivity (Wildman–Crippen MR) is 85.9 cm³/mol. The first kappa shape index (κ1) is 14.9. The third-order valence-electron chi connectivity index (χ3n) is 3.12. The van der Waals surface area contributed by atoms with Gasteiger partial charge in [0.15, 0.2) is 0 Å². The Morgan fingerprint density at radius 2 is 2.00 bits per heavy atom. The summed E-state index contributed by atoms with van der Waals surface area (Å²) in [6.07, 6.45) is 0. The van der Waals surface area contributed by atoms with Crippen molar-refractivity contribution >= 4 is 39.1 Å². The fourth-order valence-electron chi connectivity index (χ4n) is 1.84. The summed E-state index contributed by atoms with van der Waals surface area (Å²) >= 11 is 9.40. The smallest absolute Gasteiger partial charge is 0.253 e. The first-order valence-electron chi connectivity index (χ1n) is 6.07. The maximum Gasteiger partial charge on any atom is 0.253 e. The number of amides is 1. The first-order valence-corrected chi connectivity index (χ1v) is 7.24. The number of nitrogens with one attached hydrogen (secondary N) is 1. The summed E-state index contributed by atoms with van der Waals surface area (Å²) in [6, 6.07) is 10.9. The quantitative estimate of drug-likeness (QED) is 0.822. The van der Waals surface area contributed by atoms with Crippen molar-refractivity contribution in [1.82, 2.24) is 5.32 Å². The average molecular weight is 354 g/mol. The molecule has 3 nitrogen and oxygen atoms in total. The molecular formula is C15H14BrClN2O. The molecule has 2 rings (SSSR count). The predicted octanol–water partition coefficient (Wildman–Crippen LogP) is 3.92. The van der Waals surface area contributed by atoms with Gasteiger partial charge in [0.1, 0.15) is 0 Å². The summed E-state index contributed by atoms with van der Waals surface area (Å²) in [7, 11) is 0. The fraction of sp³-hybridized carbons (Fsp3) is 0.133. The van der Waals surface area contributed by atoms with Crippen LogP contribution in [0, 0.1) is 6.92 Å². The molecule has 0 spiro atoms. The highest BCUT2D eigenvalue weighted by atomic mass is 79.9. The second-order valence-electron chi connectivity index (χ2n) is 4.42.